The summed E-state index contributed by atoms with van der Waals surface area (Å²) in [5, 5.41) is 8.84. The Morgan fingerprint density at radius 1 is 1.06 bits per heavy atom. The van der Waals surface area contributed by atoms with Gasteiger partial charge in [0.25, 0.3) is 0 Å². The minimum absolute atomic E-state index is 0.179. The Morgan fingerprint density at radius 3 is 2.61 bits per heavy atom. The number of aromatic nitrogens is 3. The number of fused-ring (bicyclic) bond motifs is 1. The van der Waals surface area contributed by atoms with Crippen LogP contribution in [0.3, 0.4) is 0 Å². The molecule has 1 aliphatic heterocycles. The molecule has 0 amide bonds. The van der Waals surface area contributed by atoms with Crippen LogP contribution in [-0.4, -0.2) is 47.4 Å². The van der Waals surface area contributed by atoms with Crippen LogP contribution in [0.5, 0.6) is 0 Å². The van der Waals surface area contributed by atoms with Crippen LogP contribution in [0.25, 0.3) is 0 Å². The molecule has 36 heavy (non-hydrogen) atoms. The van der Waals surface area contributed by atoms with Crippen LogP contribution in [0, 0.1) is 6.92 Å². The molecular formula is C28H37N5O2S. The first-order valence-electron chi connectivity index (χ1n) is 13.2. The van der Waals surface area contributed by atoms with Crippen molar-refractivity contribution in [2.24, 2.45) is 0 Å². The highest BCUT2D eigenvalue weighted by molar-refractivity contribution is 7.89. The van der Waals surface area contributed by atoms with E-state index in [1.165, 1.54) is 49.0 Å². The molecule has 2 heterocycles. The lowest BCUT2D eigenvalue weighted by Gasteiger charge is -2.29. The number of rotatable bonds is 8. The summed E-state index contributed by atoms with van der Waals surface area (Å²) in [4.78, 5) is 2.85. The molecule has 1 fully saturated rings. The van der Waals surface area contributed by atoms with Gasteiger partial charge in [-0.3, -0.25) is 4.90 Å². The fraction of sp³-hybridized carbons (Fsp3) is 0.500. The van der Waals surface area contributed by atoms with E-state index in [-0.39, 0.29) is 17.0 Å². The van der Waals surface area contributed by atoms with Crippen LogP contribution in [0.15, 0.2) is 53.6 Å². The molecule has 8 heteroatoms. The number of nitrogens with one attached hydrogen (secondary N) is 1. The maximum atomic E-state index is 12.7. The van der Waals surface area contributed by atoms with Gasteiger partial charge in [0.05, 0.1) is 16.6 Å². The molecule has 5 rings (SSSR count). The molecule has 3 aromatic rings. The van der Waals surface area contributed by atoms with E-state index in [1.54, 1.807) is 12.1 Å². The summed E-state index contributed by atoms with van der Waals surface area (Å²) < 4.78 is 30.2. The van der Waals surface area contributed by atoms with Gasteiger partial charge in [-0.1, -0.05) is 47.5 Å². The Balaban J connectivity index is 1.24. The van der Waals surface area contributed by atoms with Crippen LogP contribution in [0.1, 0.15) is 73.0 Å². The third kappa shape index (κ3) is 5.88. The summed E-state index contributed by atoms with van der Waals surface area (Å²) in [5.74, 6) is 0. The fourth-order valence-electron chi connectivity index (χ4n) is 5.56. The second-order valence-corrected chi connectivity index (χ2v) is 12.2. The quantitative estimate of drug-likeness (QED) is 0.489. The van der Waals surface area contributed by atoms with Crippen LogP contribution >= 0.6 is 0 Å². The second-order valence-electron chi connectivity index (χ2n) is 10.5. The number of nitrogens with zero attached hydrogens (tertiary/aromatic N) is 4. The van der Waals surface area contributed by atoms with Gasteiger partial charge in [0.1, 0.15) is 0 Å². The highest BCUT2D eigenvalue weighted by atomic mass is 32.2. The number of piperidine rings is 1. The number of benzene rings is 2. The van der Waals surface area contributed by atoms with E-state index in [0.717, 1.165) is 37.1 Å². The lowest BCUT2D eigenvalue weighted by atomic mass is 9.86. The van der Waals surface area contributed by atoms with Crippen LogP contribution in [0.2, 0.25) is 0 Å². The first-order valence-corrected chi connectivity index (χ1v) is 14.7. The zero-order chi connectivity index (χ0) is 25.1. The minimum atomic E-state index is -3.57. The van der Waals surface area contributed by atoms with Crippen molar-refractivity contribution in [2.75, 3.05) is 13.1 Å². The summed E-state index contributed by atoms with van der Waals surface area (Å²) in [6.45, 7) is 7.27. The molecule has 1 aliphatic carbocycles. The molecule has 192 valence electrons. The first-order chi connectivity index (χ1) is 17.4. The third-order valence-corrected chi connectivity index (χ3v) is 9.03. The van der Waals surface area contributed by atoms with Crippen molar-refractivity contribution in [3.05, 3.63) is 76.6 Å². The molecule has 0 saturated carbocycles. The average Bonchev–Trinajstić information content (AvgIpc) is 3.32. The maximum absolute atomic E-state index is 12.7. The van der Waals surface area contributed by atoms with E-state index >= 15 is 0 Å². The van der Waals surface area contributed by atoms with E-state index in [9.17, 15) is 8.42 Å². The molecule has 1 unspecified atom stereocenters. The molecule has 0 spiro atoms. The van der Waals surface area contributed by atoms with Crippen molar-refractivity contribution >= 4 is 10.0 Å². The van der Waals surface area contributed by atoms with Crippen LogP contribution < -0.4 is 4.72 Å². The summed E-state index contributed by atoms with van der Waals surface area (Å²) >= 11 is 0. The van der Waals surface area contributed by atoms with E-state index in [1.807, 2.05) is 36.9 Å². The Kier molecular flexibility index (Phi) is 7.55. The van der Waals surface area contributed by atoms with E-state index < -0.39 is 10.0 Å². The SMILES string of the molecule is Cc1ccc(S(=O)(=O)NC(C)Cc2cn([C@@H]3CCCc4cc(CN5CCCCC5)ccc43)nn2)cc1. The first kappa shape index (κ1) is 25.1. The normalized spacial score (nSPS) is 19.7. The molecule has 7 nitrogen and oxygen atoms in total. The minimum Gasteiger partial charge on any atom is -0.299 e. The second kappa shape index (κ2) is 10.8. The Hall–Kier alpha value is -2.55. The predicted molar refractivity (Wildman–Crippen MR) is 141 cm³/mol. The van der Waals surface area contributed by atoms with Gasteiger partial charge in [0.15, 0.2) is 0 Å². The summed E-state index contributed by atoms with van der Waals surface area (Å²) in [7, 11) is -3.57. The summed E-state index contributed by atoms with van der Waals surface area (Å²) in [5.41, 5.74) is 6.00. The van der Waals surface area contributed by atoms with Crippen molar-refractivity contribution in [2.45, 2.75) is 82.3 Å². The highest BCUT2D eigenvalue weighted by Gasteiger charge is 2.24. The van der Waals surface area contributed by atoms with E-state index in [2.05, 4.69) is 38.1 Å². The van der Waals surface area contributed by atoms with Crippen molar-refractivity contribution in [3.8, 4) is 0 Å². The van der Waals surface area contributed by atoms with Gasteiger partial charge in [-0.25, -0.2) is 17.8 Å². The van der Waals surface area contributed by atoms with Gasteiger partial charge in [-0.2, -0.15) is 0 Å². The molecule has 1 aromatic heterocycles. The molecule has 2 aromatic carbocycles. The standard InChI is InChI=1S/C28H37N5O2S/c1-21-9-12-26(13-10-21)36(34,35)30-22(2)17-25-20-33(31-29-25)28-8-6-7-24-18-23(11-14-27(24)28)19-32-15-4-3-5-16-32/h9-14,18,20,22,28,30H,3-8,15-17,19H2,1-2H3/t22?,28-/m1/s1. The largest absolute Gasteiger partial charge is 0.299 e. The fourth-order valence-corrected chi connectivity index (χ4v) is 6.80. The Morgan fingerprint density at radius 2 is 1.83 bits per heavy atom. The van der Waals surface area contributed by atoms with Crippen LogP contribution in [0.4, 0.5) is 0 Å². The molecule has 0 radical (unpaired) electrons. The van der Waals surface area contributed by atoms with Gasteiger partial charge in [-0.05, 0) is 87.9 Å². The number of hydrogen-bond donors (Lipinski definition) is 1. The van der Waals surface area contributed by atoms with Crippen molar-refractivity contribution in [3.63, 3.8) is 0 Å². The molecule has 2 atom stereocenters. The van der Waals surface area contributed by atoms with Gasteiger partial charge in [0, 0.05) is 25.2 Å². The van der Waals surface area contributed by atoms with Crippen molar-refractivity contribution in [1.29, 1.82) is 0 Å². The molecule has 1 saturated heterocycles. The average molecular weight is 508 g/mol. The van der Waals surface area contributed by atoms with Gasteiger partial charge < -0.3 is 0 Å². The summed E-state index contributed by atoms with van der Waals surface area (Å²) in [6, 6.07) is 13.8. The third-order valence-electron chi connectivity index (χ3n) is 7.42. The van der Waals surface area contributed by atoms with Gasteiger partial charge >= 0.3 is 0 Å². The van der Waals surface area contributed by atoms with Gasteiger partial charge in [-0.15, -0.1) is 5.10 Å². The molecule has 0 bridgehead atoms. The smallest absolute Gasteiger partial charge is 0.240 e. The number of hydrogen-bond acceptors (Lipinski definition) is 5. The topological polar surface area (TPSA) is 80.1 Å². The van der Waals surface area contributed by atoms with Gasteiger partial charge in [0.2, 0.25) is 10.0 Å². The molecule has 1 N–H and O–H groups in total. The summed E-state index contributed by atoms with van der Waals surface area (Å²) in [6.07, 6.45) is 9.74. The predicted octanol–water partition coefficient (Wildman–Crippen LogP) is 4.41. The van der Waals surface area contributed by atoms with E-state index in [4.69, 9.17) is 0 Å². The molecular weight excluding hydrogens is 470 g/mol. The zero-order valence-electron chi connectivity index (χ0n) is 21.4. The van der Waals surface area contributed by atoms with Crippen molar-refractivity contribution < 1.29 is 8.42 Å². The van der Waals surface area contributed by atoms with Crippen molar-refractivity contribution in [1.82, 2.24) is 24.6 Å². The number of likely N-dealkylation sites (tertiary alicyclic amines) is 1. The Labute approximate surface area is 215 Å². The lowest BCUT2D eigenvalue weighted by molar-refractivity contribution is 0.221. The number of aryl methyl sites for hydroxylation is 2. The zero-order valence-corrected chi connectivity index (χ0v) is 22.2. The van der Waals surface area contributed by atoms with Crippen LogP contribution in [-0.2, 0) is 29.4 Å². The highest BCUT2D eigenvalue weighted by Crippen LogP contribution is 2.33. The lowest BCUT2D eigenvalue weighted by Crippen LogP contribution is -2.34. The monoisotopic (exact) mass is 507 g/mol. The molecule has 2 aliphatic rings. The maximum Gasteiger partial charge on any atom is 0.240 e. The Bertz CT molecular complexity index is 1280. The van der Waals surface area contributed by atoms with E-state index in [0.29, 0.717) is 6.42 Å². The number of sulfonamides is 1.